The van der Waals surface area contributed by atoms with Gasteiger partial charge in [0.15, 0.2) is 0 Å². The fraction of sp³-hybridized carbons (Fsp3) is 0.200. The second-order valence-electron chi connectivity index (χ2n) is 2.98. The van der Waals surface area contributed by atoms with Crippen LogP contribution in [-0.2, 0) is 0 Å². The van der Waals surface area contributed by atoms with Crippen LogP contribution in [0.4, 0.5) is 4.39 Å². The van der Waals surface area contributed by atoms with E-state index < -0.39 is 11.3 Å². The van der Waals surface area contributed by atoms with Crippen molar-refractivity contribution in [3.05, 3.63) is 42.0 Å². The number of rotatable bonds is 5. The van der Waals surface area contributed by atoms with E-state index in [1.54, 1.807) is 6.08 Å². The molecule has 0 bridgehead atoms. The lowest BCUT2D eigenvalue weighted by Gasteiger charge is -2.11. The molecule has 0 saturated carbocycles. The van der Waals surface area contributed by atoms with E-state index >= 15 is 0 Å². The molecule has 0 aliphatic carbocycles. The van der Waals surface area contributed by atoms with Crippen LogP contribution in [0.15, 0.2) is 31.3 Å². The predicted octanol–water partition coefficient (Wildman–Crippen LogP) is 3.52. The maximum absolute atomic E-state index is 12.2. The van der Waals surface area contributed by atoms with Gasteiger partial charge in [-0.1, -0.05) is 17.7 Å². The summed E-state index contributed by atoms with van der Waals surface area (Å²) in [7, 11) is 0. The number of allylic oxidation sites excluding steroid dienone is 2. The summed E-state index contributed by atoms with van der Waals surface area (Å²) in [5, 5.41) is 3.28. The Balaban J connectivity index is 3.10. The molecule has 3 nitrogen and oxygen atoms in total. The molecule has 0 spiro atoms. The minimum absolute atomic E-state index is 0.0879. The molecule has 1 unspecified atom stereocenters. The average molecular weight is 263 g/mol. The summed E-state index contributed by atoms with van der Waals surface area (Å²) in [6, 6.07) is -0.417. The molecule has 1 aromatic heterocycles. The fourth-order valence-corrected chi connectivity index (χ4v) is 1.72. The van der Waals surface area contributed by atoms with Crippen LogP contribution in [0.3, 0.4) is 0 Å². The summed E-state index contributed by atoms with van der Waals surface area (Å²) >= 11 is 11.2. The van der Waals surface area contributed by atoms with Gasteiger partial charge < -0.3 is 0 Å². The molecule has 0 saturated heterocycles. The number of carbonyl (C=O) groups is 1. The molecular formula is C10H9Cl2FN2O. The first-order chi connectivity index (χ1) is 7.61. The third kappa shape index (κ3) is 2.71. The summed E-state index contributed by atoms with van der Waals surface area (Å²) in [5.41, 5.74) is 0.102. The minimum Gasteiger partial charge on any atom is -0.275 e. The molecule has 6 heteroatoms. The SMILES string of the molecule is C=CCC(C=CF)n1ncc(C(=O)Cl)c1Cl. The van der Waals surface area contributed by atoms with Crippen molar-refractivity contribution in [1.82, 2.24) is 9.78 Å². The van der Waals surface area contributed by atoms with Gasteiger partial charge in [-0.05, 0) is 24.1 Å². The lowest BCUT2D eigenvalue weighted by atomic mass is 10.2. The standard InChI is InChI=1S/C10H9Cl2FN2O/c1-2-3-7(4-5-13)15-9(11)8(6-14-15)10(12)16/h2,4-7H,1,3H2. The van der Waals surface area contributed by atoms with Crippen molar-refractivity contribution in [2.24, 2.45) is 0 Å². The van der Waals surface area contributed by atoms with E-state index in [4.69, 9.17) is 23.2 Å². The summed E-state index contributed by atoms with van der Waals surface area (Å²) in [6.07, 6.45) is 4.96. The third-order valence-electron chi connectivity index (χ3n) is 1.96. The van der Waals surface area contributed by atoms with Crippen molar-refractivity contribution in [3.8, 4) is 0 Å². The fourth-order valence-electron chi connectivity index (χ4n) is 1.23. The second kappa shape index (κ2) is 5.82. The topological polar surface area (TPSA) is 34.9 Å². The summed E-state index contributed by atoms with van der Waals surface area (Å²) in [5.74, 6) is 0. The Hall–Kier alpha value is -1.13. The first-order valence-corrected chi connectivity index (χ1v) is 5.18. The first-order valence-electron chi connectivity index (χ1n) is 4.42. The first kappa shape index (κ1) is 12.9. The van der Waals surface area contributed by atoms with Crippen molar-refractivity contribution in [3.63, 3.8) is 0 Å². The van der Waals surface area contributed by atoms with Crippen molar-refractivity contribution >= 4 is 28.4 Å². The molecular weight excluding hydrogens is 254 g/mol. The number of aromatic nitrogens is 2. The van der Waals surface area contributed by atoms with Gasteiger partial charge in [0.1, 0.15) is 5.15 Å². The zero-order chi connectivity index (χ0) is 12.1. The molecule has 16 heavy (non-hydrogen) atoms. The van der Waals surface area contributed by atoms with E-state index in [2.05, 4.69) is 11.7 Å². The van der Waals surface area contributed by atoms with E-state index in [0.29, 0.717) is 12.8 Å². The summed E-state index contributed by atoms with van der Waals surface area (Å²) in [4.78, 5) is 10.9. The van der Waals surface area contributed by atoms with Crippen LogP contribution >= 0.6 is 23.2 Å². The van der Waals surface area contributed by atoms with Crippen molar-refractivity contribution in [2.75, 3.05) is 0 Å². The van der Waals surface area contributed by atoms with Crippen LogP contribution in [0, 0.1) is 0 Å². The molecule has 0 aromatic carbocycles. The predicted molar refractivity (Wildman–Crippen MR) is 61.5 cm³/mol. The molecule has 0 aliphatic rings. The number of hydrogen-bond donors (Lipinski definition) is 0. The van der Waals surface area contributed by atoms with Crippen molar-refractivity contribution in [1.29, 1.82) is 0 Å². The monoisotopic (exact) mass is 262 g/mol. The van der Waals surface area contributed by atoms with E-state index in [1.165, 1.54) is 17.0 Å². The molecule has 1 aromatic rings. The molecule has 0 fully saturated rings. The Kier molecular flexibility index (Phi) is 4.71. The highest BCUT2D eigenvalue weighted by molar-refractivity contribution is 6.68. The van der Waals surface area contributed by atoms with Gasteiger partial charge in [0.2, 0.25) is 0 Å². The van der Waals surface area contributed by atoms with Crippen LogP contribution in [0.1, 0.15) is 22.8 Å². The molecule has 1 heterocycles. The van der Waals surface area contributed by atoms with Crippen LogP contribution in [0.2, 0.25) is 5.15 Å². The second-order valence-corrected chi connectivity index (χ2v) is 3.68. The van der Waals surface area contributed by atoms with Gasteiger partial charge in [-0.3, -0.25) is 4.79 Å². The minimum atomic E-state index is -0.696. The summed E-state index contributed by atoms with van der Waals surface area (Å²) in [6.45, 7) is 3.55. The van der Waals surface area contributed by atoms with E-state index in [-0.39, 0.29) is 10.7 Å². The Bertz CT molecular complexity index is 428. The number of halogens is 3. The zero-order valence-corrected chi connectivity index (χ0v) is 9.75. The van der Waals surface area contributed by atoms with Gasteiger partial charge in [0, 0.05) is 0 Å². The maximum Gasteiger partial charge on any atom is 0.257 e. The molecule has 1 rings (SSSR count). The Labute approximate surface area is 102 Å². The van der Waals surface area contributed by atoms with Gasteiger partial charge >= 0.3 is 0 Å². The number of hydrogen-bond acceptors (Lipinski definition) is 2. The van der Waals surface area contributed by atoms with Crippen LogP contribution in [-0.4, -0.2) is 15.0 Å². The normalized spacial score (nSPS) is 12.9. The van der Waals surface area contributed by atoms with Crippen LogP contribution in [0.25, 0.3) is 0 Å². The Morgan fingerprint density at radius 2 is 2.44 bits per heavy atom. The molecule has 0 N–H and O–H groups in total. The van der Waals surface area contributed by atoms with Gasteiger partial charge in [-0.15, -0.1) is 6.58 Å². The van der Waals surface area contributed by atoms with E-state index in [1.807, 2.05) is 0 Å². The Morgan fingerprint density at radius 3 is 2.88 bits per heavy atom. The zero-order valence-electron chi connectivity index (χ0n) is 8.24. The largest absolute Gasteiger partial charge is 0.275 e. The van der Waals surface area contributed by atoms with Gasteiger partial charge in [-0.25, -0.2) is 9.07 Å². The highest BCUT2D eigenvalue weighted by atomic mass is 35.5. The van der Waals surface area contributed by atoms with E-state index in [9.17, 15) is 9.18 Å². The van der Waals surface area contributed by atoms with Gasteiger partial charge in [-0.2, -0.15) is 5.10 Å². The quantitative estimate of drug-likeness (QED) is 0.601. The van der Waals surface area contributed by atoms with Crippen molar-refractivity contribution < 1.29 is 9.18 Å². The average Bonchev–Trinajstić information content (AvgIpc) is 2.60. The number of nitrogens with zero attached hydrogens (tertiary/aromatic N) is 2. The van der Waals surface area contributed by atoms with Crippen LogP contribution < -0.4 is 0 Å². The smallest absolute Gasteiger partial charge is 0.257 e. The van der Waals surface area contributed by atoms with E-state index in [0.717, 1.165) is 0 Å². The highest BCUT2D eigenvalue weighted by Crippen LogP contribution is 2.24. The molecule has 0 radical (unpaired) electrons. The number of carbonyl (C=O) groups excluding carboxylic acids is 1. The highest BCUT2D eigenvalue weighted by Gasteiger charge is 2.17. The molecule has 0 aliphatic heterocycles. The molecule has 0 amide bonds. The lowest BCUT2D eigenvalue weighted by molar-refractivity contribution is 0.108. The lowest BCUT2D eigenvalue weighted by Crippen LogP contribution is -2.07. The van der Waals surface area contributed by atoms with Gasteiger partial charge in [0.25, 0.3) is 5.24 Å². The van der Waals surface area contributed by atoms with Gasteiger partial charge in [0.05, 0.1) is 24.1 Å². The van der Waals surface area contributed by atoms with Crippen molar-refractivity contribution in [2.45, 2.75) is 12.5 Å². The third-order valence-corrected chi connectivity index (χ3v) is 2.54. The Morgan fingerprint density at radius 1 is 1.75 bits per heavy atom. The van der Waals surface area contributed by atoms with Crippen LogP contribution in [0.5, 0.6) is 0 Å². The molecule has 86 valence electrons. The maximum atomic E-state index is 12.2. The summed E-state index contributed by atoms with van der Waals surface area (Å²) < 4.78 is 13.5. The molecule has 1 atom stereocenters.